The van der Waals surface area contributed by atoms with Crippen LogP contribution in [0.1, 0.15) is 41.9 Å². The Hall–Kier alpha value is -3.23. The number of benzene rings is 2. The number of pyridine rings is 1. The molecule has 186 valence electrons. The van der Waals surface area contributed by atoms with E-state index in [2.05, 4.69) is 45.2 Å². The van der Waals surface area contributed by atoms with Crippen molar-refractivity contribution in [2.75, 3.05) is 26.3 Å². The summed E-state index contributed by atoms with van der Waals surface area (Å²) in [6, 6.07) is 20.2. The normalized spacial score (nSPS) is 19.3. The molecule has 2 aromatic carbocycles. The van der Waals surface area contributed by atoms with Gasteiger partial charge in [0.1, 0.15) is 17.8 Å². The van der Waals surface area contributed by atoms with E-state index >= 15 is 0 Å². The second kappa shape index (κ2) is 10.4. The average molecular weight is 551 g/mol. The third kappa shape index (κ3) is 4.88. The highest BCUT2D eigenvalue weighted by Crippen LogP contribution is 2.44. The molecule has 36 heavy (non-hydrogen) atoms. The van der Waals surface area contributed by atoms with Crippen LogP contribution >= 0.6 is 15.9 Å². The van der Waals surface area contributed by atoms with Crippen LogP contribution in [0.2, 0.25) is 0 Å². The molecule has 0 radical (unpaired) electrons. The number of amides is 1. The van der Waals surface area contributed by atoms with Crippen LogP contribution in [0, 0.1) is 0 Å². The Morgan fingerprint density at radius 2 is 1.69 bits per heavy atom. The Bertz CT molecular complexity index is 1220. The monoisotopic (exact) mass is 550 g/mol. The number of carboxylic acid groups (broad SMARTS) is 1. The van der Waals surface area contributed by atoms with Gasteiger partial charge in [-0.2, -0.15) is 0 Å². The summed E-state index contributed by atoms with van der Waals surface area (Å²) in [6.45, 7) is 0.757. The topological polar surface area (TPSA) is 89.0 Å². The van der Waals surface area contributed by atoms with Gasteiger partial charge in [0.05, 0.1) is 5.60 Å². The van der Waals surface area contributed by atoms with Crippen LogP contribution in [0.3, 0.4) is 0 Å². The highest BCUT2D eigenvalue weighted by Gasteiger charge is 2.38. The number of halogens is 1. The SMILES string of the molecule is O=C(O)COC1(c2ccc(Br)nc2)CCCN(C(=O)OCC2c3ccccc3-c3ccccc32)CC1. The van der Waals surface area contributed by atoms with E-state index in [1.54, 1.807) is 11.1 Å². The largest absolute Gasteiger partial charge is 0.480 e. The van der Waals surface area contributed by atoms with Gasteiger partial charge in [0.2, 0.25) is 0 Å². The third-order valence-electron chi connectivity index (χ3n) is 7.11. The molecule has 5 rings (SSSR count). The molecule has 3 aromatic rings. The number of nitrogens with zero attached hydrogens (tertiary/aromatic N) is 2. The van der Waals surface area contributed by atoms with Gasteiger partial charge in [0, 0.05) is 30.8 Å². The number of likely N-dealkylation sites (tertiary alicyclic amines) is 1. The standard InChI is InChI=1S/C28H27BrN2O5/c29-25-11-10-19(16-30-25)28(36-18-26(32)33)12-5-14-31(15-13-28)27(34)35-17-24-22-8-3-1-6-20(22)21-7-2-4-9-23(21)24/h1-4,6-11,16,24H,5,12-15,17-18H2,(H,32,33). The lowest BCUT2D eigenvalue weighted by atomic mass is 9.87. The fraction of sp³-hybridized carbons (Fsp3) is 0.321. The number of aliphatic carboxylic acids is 1. The lowest BCUT2D eigenvalue weighted by Crippen LogP contribution is -2.36. The Labute approximate surface area is 218 Å². The summed E-state index contributed by atoms with van der Waals surface area (Å²) in [5, 5.41) is 9.24. The molecule has 1 unspecified atom stereocenters. The lowest BCUT2D eigenvalue weighted by molar-refractivity contribution is -0.151. The molecule has 0 bridgehead atoms. The van der Waals surface area contributed by atoms with Crippen molar-refractivity contribution in [3.05, 3.63) is 88.2 Å². The van der Waals surface area contributed by atoms with Crippen LogP contribution in [0.5, 0.6) is 0 Å². The summed E-state index contributed by atoms with van der Waals surface area (Å²) < 4.78 is 12.5. The van der Waals surface area contributed by atoms with E-state index in [1.165, 1.54) is 22.3 Å². The molecule has 1 aliphatic carbocycles. The van der Waals surface area contributed by atoms with Crippen LogP contribution in [-0.2, 0) is 19.9 Å². The average Bonchev–Trinajstić information content (AvgIpc) is 3.04. The van der Waals surface area contributed by atoms with Crippen molar-refractivity contribution in [3.63, 3.8) is 0 Å². The predicted molar refractivity (Wildman–Crippen MR) is 138 cm³/mol. The number of fused-ring (bicyclic) bond motifs is 3. The molecule has 8 heteroatoms. The number of hydrogen-bond acceptors (Lipinski definition) is 5. The lowest BCUT2D eigenvalue weighted by Gasteiger charge is -2.32. The van der Waals surface area contributed by atoms with E-state index < -0.39 is 18.2 Å². The molecule has 1 N–H and O–H groups in total. The number of rotatable bonds is 6. The Kier molecular flexibility index (Phi) is 7.07. The molecule has 1 atom stereocenters. The maximum Gasteiger partial charge on any atom is 0.409 e. The van der Waals surface area contributed by atoms with E-state index in [9.17, 15) is 14.7 Å². The summed E-state index contributed by atoms with van der Waals surface area (Å²) in [7, 11) is 0. The molecule has 1 fully saturated rings. The van der Waals surface area contributed by atoms with Gasteiger partial charge in [0.25, 0.3) is 0 Å². The molecule has 1 amide bonds. The minimum atomic E-state index is -1.03. The van der Waals surface area contributed by atoms with Gasteiger partial charge in [-0.25, -0.2) is 14.6 Å². The van der Waals surface area contributed by atoms with Gasteiger partial charge in [0.15, 0.2) is 0 Å². The number of carboxylic acids is 1. The van der Waals surface area contributed by atoms with Crippen LogP contribution in [-0.4, -0.2) is 53.4 Å². The molecule has 1 aromatic heterocycles. The first kappa shape index (κ1) is 24.5. The summed E-state index contributed by atoms with van der Waals surface area (Å²) in [5.41, 5.74) is 4.70. The predicted octanol–water partition coefficient (Wildman–Crippen LogP) is 5.58. The zero-order valence-corrected chi connectivity index (χ0v) is 21.3. The quantitative estimate of drug-likeness (QED) is 0.403. The van der Waals surface area contributed by atoms with Crippen molar-refractivity contribution in [2.24, 2.45) is 0 Å². The minimum Gasteiger partial charge on any atom is -0.480 e. The summed E-state index contributed by atoms with van der Waals surface area (Å²) in [5.74, 6) is -1.03. The van der Waals surface area contributed by atoms with E-state index in [1.807, 2.05) is 36.4 Å². The molecule has 0 spiro atoms. The van der Waals surface area contributed by atoms with Crippen molar-refractivity contribution < 1.29 is 24.2 Å². The number of aromatic nitrogens is 1. The van der Waals surface area contributed by atoms with Crippen LogP contribution in [0.25, 0.3) is 11.1 Å². The number of ether oxygens (including phenoxy) is 2. The smallest absolute Gasteiger partial charge is 0.409 e. The molecule has 2 heterocycles. The Morgan fingerprint density at radius 3 is 2.33 bits per heavy atom. The number of carbonyl (C=O) groups excluding carboxylic acids is 1. The molecule has 7 nitrogen and oxygen atoms in total. The summed E-state index contributed by atoms with van der Waals surface area (Å²) in [6.07, 6.45) is 3.03. The minimum absolute atomic E-state index is 0.000147. The molecular weight excluding hydrogens is 524 g/mol. The fourth-order valence-electron chi connectivity index (χ4n) is 5.34. The summed E-state index contributed by atoms with van der Waals surface area (Å²) in [4.78, 5) is 30.4. The highest BCUT2D eigenvalue weighted by molar-refractivity contribution is 9.10. The number of carbonyl (C=O) groups is 2. The maximum atomic E-state index is 13.1. The molecule has 2 aliphatic rings. The van der Waals surface area contributed by atoms with Crippen molar-refractivity contribution in [1.29, 1.82) is 0 Å². The van der Waals surface area contributed by atoms with Crippen molar-refractivity contribution in [1.82, 2.24) is 9.88 Å². The first-order chi connectivity index (χ1) is 17.5. The fourth-order valence-corrected chi connectivity index (χ4v) is 5.57. The Balaban J connectivity index is 1.28. The zero-order chi connectivity index (χ0) is 25.1. The molecule has 1 saturated heterocycles. The van der Waals surface area contributed by atoms with Gasteiger partial charge in [-0.15, -0.1) is 0 Å². The van der Waals surface area contributed by atoms with Crippen LogP contribution in [0.4, 0.5) is 4.79 Å². The second-order valence-corrected chi connectivity index (χ2v) is 10.0. The van der Waals surface area contributed by atoms with Gasteiger partial charge in [-0.1, -0.05) is 54.6 Å². The Morgan fingerprint density at radius 1 is 1.00 bits per heavy atom. The van der Waals surface area contributed by atoms with Gasteiger partial charge in [-0.05, 0) is 63.5 Å². The first-order valence-corrected chi connectivity index (χ1v) is 12.8. The van der Waals surface area contributed by atoms with Crippen LogP contribution < -0.4 is 0 Å². The van der Waals surface area contributed by atoms with Crippen LogP contribution in [0.15, 0.2) is 71.5 Å². The van der Waals surface area contributed by atoms with Crippen molar-refractivity contribution in [3.8, 4) is 11.1 Å². The molecular formula is C28H27BrN2O5. The van der Waals surface area contributed by atoms with E-state index in [4.69, 9.17) is 9.47 Å². The third-order valence-corrected chi connectivity index (χ3v) is 7.58. The first-order valence-electron chi connectivity index (χ1n) is 12.0. The van der Waals surface area contributed by atoms with Crippen molar-refractivity contribution >= 4 is 28.0 Å². The second-order valence-electron chi connectivity index (χ2n) is 9.19. The van der Waals surface area contributed by atoms with Gasteiger partial charge >= 0.3 is 12.1 Å². The van der Waals surface area contributed by atoms with E-state index in [0.717, 1.165) is 5.56 Å². The molecule has 0 saturated carbocycles. The zero-order valence-electron chi connectivity index (χ0n) is 19.7. The van der Waals surface area contributed by atoms with Gasteiger partial charge < -0.3 is 19.5 Å². The van der Waals surface area contributed by atoms with E-state index in [-0.39, 0.29) is 18.6 Å². The molecule has 1 aliphatic heterocycles. The number of hydrogen-bond donors (Lipinski definition) is 1. The summed E-state index contributed by atoms with van der Waals surface area (Å²) >= 11 is 3.34. The van der Waals surface area contributed by atoms with Gasteiger partial charge in [-0.3, -0.25) is 0 Å². The maximum absolute atomic E-state index is 13.1. The highest BCUT2D eigenvalue weighted by atomic mass is 79.9. The van der Waals surface area contributed by atoms with E-state index in [0.29, 0.717) is 37.0 Å². The van der Waals surface area contributed by atoms with Crippen molar-refractivity contribution in [2.45, 2.75) is 30.8 Å².